The molecule has 3 aliphatic heterocycles. The van der Waals surface area contributed by atoms with Gasteiger partial charge in [0.1, 0.15) is 37.7 Å². The number of aliphatic hydroxyl groups is 1. The minimum Gasteiger partial charge on any atom is -0.458 e. The fourth-order valence-electron chi connectivity index (χ4n) is 10.9. The van der Waals surface area contributed by atoms with E-state index in [9.17, 15) is 47.1 Å². The van der Waals surface area contributed by atoms with Gasteiger partial charge in [0.25, 0.3) is 5.56 Å². The van der Waals surface area contributed by atoms with Gasteiger partial charge in [0.15, 0.2) is 17.1 Å². The third-order valence-corrected chi connectivity index (χ3v) is 16.8. The summed E-state index contributed by atoms with van der Waals surface area (Å²) >= 11 is 0. The number of aromatic nitrogens is 7. The molecule has 5 amide bonds. The predicted molar refractivity (Wildman–Crippen MR) is 316 cm³/mol. The number of aryl methyl sites for hydroxylation is 1. The molecule has 0 unspecified atom stereocenters. The van der Waals surface area contributed by atoms with Crippen LogP contribution in [0.15, 0.2) is 46.7 Å². The minimum absolute atomic E-state index is 0.00808. The topological polar surface area (TPSA) is 340 Å². The van der Waals surface area contributed by atoms with Crippen LogP contribution >= 0.6 is 0 Å². The zero-order valence-corrected chi connectivity index (χ0v) is 51.4. The third-order valence-electron chi connectivity index (χ3n) is 16.0. The number of fused-ring (bicyclic) bond motifs is 6. The lowest BCUT2D eigenvalue weighted by molar-refractivity contribution is -0.172. The molecular weight excluding hydrogens is 1150 g/mol. The molecule has 5 N–H and O–H groups in total. The predicted octanol–water partition coefficient (Wildman–Crippen LogP) is 2.64. The van der Waals surface area contributed by atoms with E-state index in [1.807, 2.05) is 19.9 Å². The SMILES string of the molecule is CCN(CC)CCCC[C@H](NC(=O)[C@@H](NC(=O)CCCCCn1cc(-c2cnc(S(C)(=O)=O)nc2)nn1)C(C)C)C(=O)NCC(=O)NCOCC(=O)N(CCc1c2c(nc3cc4c(cc13)OCO4)-c1cc3c(c(=O)n1C2)COC(=O)[C@]3(O)CC)C(C)C. The molecule has 470 valence electrons. The molecule has 7 heterocycles. The molecule has 3 atom stereocenters. The molecule has 8 rings (SSSR count). The molecule has 0 radical (unpaired) electrons. The van der Waals surface area contributed by atoms with Crippen molar-refractivity contribution in [3.8, 4) is 34.1 Å². The Hall–Kier alpha value is -7.95. The molecule has 0 fully saturated rings. The van der Waals surface area contributed by atoms with Gasteiger partial charge in [-0.05, 0) is 102 Å². The summed E-state index contributed by atoms with van der Waals surface area (Å²) in [5, 5.41) is 31.1. The Morgan fingerprint density at radius 3 is 2.29 bits per heavy atom. The Balaban J connectivity index is 0.822. The van der Waals surface area contributed by atoms with Gasteiger partial charge in [-0.1, -0.05) is 46.3 Å². The first kappa shape index (κ1) is 65.0. The minimum atomic E-state index is -3.55. The van der Waals surface area contributed by atoms with E-state index < -0.39 is 63.3 Å². The number of pyridine rings is 2. The number of benzene rings is 1. The molecule has 0 saturated heterocycles. The van der Waals surface area contributed by atoms with Crippen molar-refractivity contribution in [3.05, 3.63) is 69.4 Å². The van der Waals surface area contributed by atoms with Crippen molar-refractivity contribution >= 4 is 56.2 Å². The number of rotatable bonds is 31. The van der Waals surface area contributed by atoms with E-state index in [-0.39, 0.29) is 99.1 Å². The second-order valence-electron chi connectivity index (χ2n) is 22.6. The summed E-state index contributed by atoms with van der Waals surface area (Å²) < 4.78 is 49.0. The van der Waals surface area contributed by atoms with Crippen molar-refractivity contribution in [1.29, 1.82) is 0 Å². The Morgan fingerprint density at radius 1 is 0.862 bits per heavy atom. The number of esters is 1. The quantitative estimate of drug-likeness (QED) is 0.0181. The number of hydrogen-bond donors (Lipinski definition) is 5. The highest BCUT2D eigenvalue weighted by atomic mass is 32.2. The van der Waals surface area contributed by atoms with Gasteiger partial charge in [-0.2, -0.15) is 0 Å². The molecule has 4 aromatic heterocycles. The van der Waals surface area contributed by atoms with Crippen LogP contribution in [0.1, 0.15) is 122 Å². The maximum absolute atomic E-state index is 14.1. The Kier molecular flexibility index (Phi) is 21.5. The first-order chi connectivity index (χ1) is 41.5. The van der Waals surface area contributed by atoms with Gasteiger partial charge < -0.3 is 59.7 Å². The lowest BCUT2D eigenvalue weighted by Gasteiger charge is -2.31. The molecule has 0 saturated carbocycles. The average molecular weight is 1230 g/mol. The molecule has 87 heavy (non-hydrogen) atoms. The fraction of sp³-hybridized carbons (Fsp3) is 0.559. The lowest BCUT2D eigenvalue weighted by atomic mass is 9.86. The maximum Gasteiger partial charge on any atom is 0.343 e. The number of cyclic esters (lactones) is 1. The summed E-state index contributed by atoms with van der Waals surface area (Å²) in [6.07, 6.45) is 9.43. The van der Waals surface area contributed by atoms with E-state index in [0.717, 1.165) is 48.8 Å². The van der Waals surface area contributed by atoms with Gasteiger partial charge in [0.05, 0.1) is 41.8 Å². The van der Waals surface area contributed by atoms with Crippen molar-refractivity contribution < 1.29 is 61.2 Å². The standard InChI is InChI=1S/C59H79N13O14S/c1-9-59(80)42-24-46-53-40(29-72(46)56(78)41(42)31-84-57(59)79)38(39-23-47-48(86-34-85-47)25-44(39)64-53)19-22-71(36(6)7)51(75)32-83-33-63-50(74)28-60-54(76)43(17-14-16-20-69(10-2)11-3)65-55(77)52(35(4)5)66-49(73)18-13-12-15-21-70-30-45(67-68-70)37-26-61-58(62-27-37)87(8,81)82/h23-27,30,35-36,43,52,80H,9-22,28-29,31-34H2,1-8H3,(H,60,76)(H,63,74)(H,65,77)(H,66,73)/t43-,52-,59-/m0/s1. The van der Waals surface area contributed by atoms with Crippen molar-refractivity contribution in [1.82, 2.24) is 65.6 Å². The molecule has 0 bridgehead atoms. The van der Waals surface area contributed by atoms with Gasteiger partial charge in [0, 0.05) is 72.3 Å². The van der Waals surface area contributed by atoms with Crippen LogP contribution in [-0.2, 0) is 79.8 Å². The van der Waals surface area contributed by atoms with Crippen molar-refractivity contribution in [2.75, 3.05) is 59.1 Å². The van der Waals surface area contributed by atoms with E-state index in [4.69, 9.17) is 23.9 Å². The van der Waals surface area contributed by atoms with E-state index in [0.29, 0.717) is 78.3 Å². The highest BCUT2D eigenvalue weighted by Crippen LogP contribution is 2.43. The summed E-state index contributed by atoms with van der Waals surface area (Å²) in [7, 11) is -3.55. The second-order valence-corrected chi connectivity index (χ2v) is 24.5. The molecule has 3 aliphatic rings. The van der Waals surface area contributed by atoms with Crippen molar-refractivity contribution in [2.24, 2.45) is 5.92 Å². The Bertz CT molecular complexity index is 3530. The second kappa shape index (κ2) is 28.7. The van der Waals surface area contributed by atoms with Gasteiger partial charge in [0.2, 0.25) is 51.3 Å². The number of carbonyl (C=O) groups is 6. The van der Waals surface area contributed by atoms with Gasteiger partial charge >= 0.3 is 5.97 Å². The monoisotopic (exact) mass is 1230 g/mol. The molecule has 0 aliphatic carbocycles. The zero-order chi connectivity index (χ0) is 62.7. The number of carbonyl (C=O) groups excluding carboxylic acids is 6. The summed E-state index contributed by atoms with van der Waals surface area (Å²) in [5.41, 5.74) is 1.99. The Morgan fingerprint density at radius 2 is 1.60 bits per heavy atom. The fourth-order valence-corrected chi connectivity index (χ4v) is 11.4. The number of ether oxygens (including phenoxy) is 4. The highest BCUT2D eigenvalue weighted by molar-refractivity contribution is 7.90. The highest BCUT2D eigenvalue weighted by Gasteiger charge is 2.46. The lowest BCUT2D eigenvalue weighted by Crippen LogP contribution is -2.56. The smallest absolute Gasteiger partial charge is 0.343 e. The number of nitrogens with one attached hydrogen (secondary N) is 4. The first-order valence-corrected chi connectivity index (χ1v) is 31.5. The van der Waals surface area contributed by atoms with Crippen LogP contribution in [0.2, 0.25) is 0 Å². The average Bonchev–Trinajstić information content (AvgIpc) is 1.65. The molecule has 5 aromatic rings. The molecule has 27 nitrogen and oxygen atoms in total. The Labute approximate surface area is 504 Å². The summed E-state index contributed by atoms with van der Waals surface area (Å²) in [6.45, 7) is 15.0. The molecular formula is C59H79N13O14S. The van der Waals surface area contributed by atoms with Gasteiger partial charge in [-0.3, -0.25) is 33.4 Å². The van der Waals surface area contributed by atoms with Crippen LogP contribution in [0.4, 0.5) is 0 Å². The number of nitrogens with zero attached hydrogens (tertiary/aromatic N) is 9. The van der Waals surface area contributed by atoms with Crippen molar-refractivity contribution in [2.45, 2.75) is 155 Å². The number of amides is 5. The molecule has 28 heteroatoms. The third kappa shape index (κ3) is 15.4. The van der Waals surface area contributed by atoms with Crippen LogP contribution in [0.25, 0.3) is 33.5 Å². The van der Waals surface area contributed by atoms with Gasteiger partial charge in [-0.15, -0.1) is 5.10 Å². The van der Waals surface area contributed by atoms with Crippen LogP contribution in [0.5, 0.6) is 11.5 Å². The number of unbranched alkanes of at least 4 members (excludes halogenated alkanes) is 3. The van der Waals surface area contributed by atoms with Crippen molar-refractivity contribution in [3.63, 3.8) is 0 Å². The molecule has 1 aromatic carbocycles. The summed E-state index contributed by atoms with van der Waals surface area (Å²) in [6, 6.07) is 3.00. The first-order valence-electron chi connectivity index (χ1n) is 29.6. The summed E-state index contributed by atoms with van der Waals surface area (Å²) in [5.74, 6) is -2.55. The molecule has 0 spiro atoms. The number of sulfone groups is 1. The van der Waals surface area contributed by atoms with Crippen LogP contribution < -0.4 is 36.3 Å². The van der Waals surface area contributed by atoms with Crippen LogP contribution in [0.3, 0.4) is 0 Å². The largest absolute Gasteiger partial charge is 0.458 e. The van der Waals surface area contributed by atoms with E-state index >= 15 is 0 Å². The number of hydrogen-bond acceptors (Lipinski definition) is 20. The van der Waals surface area contributed by atoms with Gasteiger partial charge in [-0.25, -0.2) is 28.2 Å². The maximum atomic E-state index is 14.1. The van der Waals surface area contributed by atoms with E-state index in [1.54, 1.807) is 53.2 Å². The van der Waals surface area contributed by atoms with E-state index in [2.05, 4.69) is 60.3 Å². The van der Waals surface area contributed by atoms with Crippen LogP contribution in [-0.4, -0.2) is 171 Å². The normalized spacial score (nSPS) is 15.7. The van der Waals surface area contributed by atoms with E-state index in [1.165, 1.54) is 12.4 Å². The zero-order valence-electron chi connectivity index (χ0n) is 50.6. The van der Waals surface area contributed by atoms with Crippen LogP contribution in [0, 0.1) is 5.92 Å². The summed E-state index contributed by atoms with van der Waals surface area (Å²) in [4.78, 5) is 111.